The van der Waals surface area contributed by atoms with Crippen molar-refractivity contribution in [2.45, 2.75) is 424 Å². The minimum Gasteiger partial charge on any atom is -0.463 e. The van der Waals surface area contributed by atoms with Gasteiger partial charge in [-0.25, -0.2) is 9.13 Å². The first-order valence-corrected chi connectivity index (χ1v) is 48.8. The predicted molar refractivity (Wildman–Crippen MR) is 473 cm³/mol. The maximum absolute atomic E-state index is 13.0. The number of ether oxygens (including phenoxy) is 3. The van der Waals surface area contributed by atoms with Crippen LogP contribution < -0.4 is 0 Å². The first kappa shape index (κ1) is 109. The number of aliphatic hydroxyl groups excluding tert-OH is 2. The molecule has 4 N–H and O–H groups in total. The molecule has 0 aliphatic rings. The molecule has 0 bridgehead atoms. The van der Waals surface area contributed by atoms with Gasteiger partial charge >= 0.3 is 33.6 Å². The van der Waals surface area contributed by atoms with Crippen molar-refractivity contribution in [3.63, 3.8) is 0 Å². The van der Waals surface area contributed by atoms with Gasteiger partial charge in [-0.3, -0.25) is 32.5 Å². The summed E-state index contributed by atoms with van der Waals surface area (Å²) in [5.74, 6) is -1.57. The van der Waals surface area contributed by atoms with Gasteiger partial charge in [-0.15, -0.1) is 0 Å². The third kappa shape index (κ3) is 88.6. The van der Waals surface area contributed by atoms with E-state index in [1.165, 1.54) is 218 Å². The number of aliphatic hydroxyl groups is 2. The SMILES string of the molecule is CC/C=C\C/C=C\C/C=C\C/C=C\C/C=C\CCCCCCCCCCCCCCCCCCCCCC(=O)OCC(O)COP(=O)(O)OCC(O)COP(=O)(O)OCC(COC(=O)CCCCCCCCCCCCCCCCC/C=C\C/C=C\C/C=C\C/C=C\CCCCC)OC(=O)CCCCCCC/C=C\CCCC. The highest BCUT2D eigenvalue weighted by atomic mass is 31.2. The molecule has 0 saturated heterocycles. The van der Waals surface area contributed by atoms with Crippen LogP contribution in [0.15, 0.2) is 122 Å². The quantitative estimate of drug-likeness (QED) is 0.0146. The van der Waals surface area contributed by atoms with Gasteiger partial charge in [0.1, 0.15) is 25.4 Å². The Morgan fingerprint density at radius 1 is 0.257 bits per heavy atom. The van der Waals surface area contributed by atoms with Gasteiger partial charge in [0.15, 0.2) is 6.10 Å². The summed E-state index contributed by atoms with van der Waals surface area (Å²) in [5, 5.41) is 20.7. The second-order valence-electron chi connectivity index (χ2n) is 30.7. The summed E-state index contributed by atoms with van der Waals surface area (Å²) < 4.78 is 61.3. The van der Waals surface area contributed by atoms with Crippen LogP contribution in [0.1, 0.15) is 406 Å². The van der Waals surface area contributed by atoms with Crippen molar-refractivity contribution in [1.29, 1.82) is 0 Å². The number of rotatable bonds is 87. The number of phosphoric acid groups is 2. The van der Waals surface area contributed by atoms with Gasteiger partial charge in [-0.05, 0) is 128 Å². The average molecular weight is 1630 g/mol. The van der Waals surface area contributed by atoms with E-state index in [1.54, 1.807) is 0 Å². The van der Waals surface area contributed by atoms with Crippen molar-refractivity contribution in [2.75, 3.05) is 39.6 Å². The van der Waals surface area contributed by atoms with Gasteiger partial charge in [0.05, 0.1) is 26.4 Å². The number of hydrogen-bond acceptors (Lipinski definition) is 14. The maximum atomic E-state index is 13.0. The number of esters is 3. The molecule has 0 aliphatic heterocycles. The van der Waals surface area contributed by atoms with Crippen LogP contribution in [0.3, 0.4) is 0 Å². The van der Waals surface area contributed by atoms with Gasteiger partial charge < -0.3 is 34.2 Å². The molecule has 654 valence electrons. The fourth-order valence-electron chi connectivity index (χ4n) is 12.7. The van der Waals surface area contributed by atoms with E-state index in [2.05, 4.69) is 142 Å². The van der Waals surface area contributed by atoms with Gasteiger partial charge in [0.2, 0.25) is 0 Å². The van der Waals surface area contributed by atoms with Gasteiger partial charge in [0, 0.05) is 19.3 Å². The number of unbranched alkanes of at least 4 members (excludes halogenated alkanes) is 44. The number of phosphoric ester groups is 2. The molecule has 0 aliphatic carbocycles. The maximum Gasteiger partial charge on any atom is 0.472 e. The van der Waals surface area contributed by atoms with Crippen molar-refractivity contribution in [2.24, 2.45) is 0 Å². The normalized spacial score (nSPS) is 14.4. The highest BCUT2D eigenvalue weighted by Gasteiger charge is 2.29. The predicted octanol–water partition coefficient (Wildman–Crippen LogP) is 28.0. The van der Waals surface area contributed by atoms with Crippen molar-refractivity contribution in [1.82, 2.24) is 0 Å². The lowest BCUT2D eigenvalue weighted by atomic mass is 10.0. The molecular formula is C95H168O16P2. The summed E-state index contributed by atoms with van der Waals surface area (Å²) in [7, 11) is -9.79. The summed E-state index contributed by atoms with van der Waals surface area (Å²) in [4.78, 5) is 58.7. The number of carbonyl (C=O) groups excluding carboxylic acids is 3. The van der Waals surface area contributed by atoms with E-state index in [0.717, 1.165) is 128 Å². The molecule has 113 heavy (non-hydrogen) atoms. The van der Waals surface area contributed by atoms with Crippen LogP contribution >= 0.6 is 15.6 Å². The molecule has 18 heteroatoms. The molecule has 0 aromatic carbocycles. The summed E-state index contributed by atoms with van der Waals surface area (Å²) in [6, 6.07) is 0. The van der Waals surface area contributed by atoms with Crippen LogP contribution in [0.5, 0.6) is 0 Å². The molecule has 0 fully saturated rings. The first-order chi connectivity index (χ1) is 55.2. The van der Waals surface area contributed by atoms with Crippen LogP contribution in [0.4, 0.5) is 0 Å². The Bertz CT molecular complexity index is 2540. The summed E-state index contributed by atoms with van der Waals surface area (Å²) >= 11 is 0. The molecule has 0 radical (unpaired) electrons. The minimum absolute atomic E-state index is 0.0955. The topological polar surface area (TPSA) is 231 Å². The molecule has 5 atom stereocenters. The van der Waals surface area contributed by atoms with E-state index >= 15 is 0 Å². The molecule has 0 rings (SSSR count). The van der Waals surface area contributed by atoms with E-state index in [4.69, 9.17) is 32.3 Å². The summed E-state index contributed by atoms with van der Waals surface area (Å²) in [6.07, 6.45) is 107. The van der Waals surface area contributed by atoms with Crippen molar-refractivity contribution < 1.29 is 75.8 Å². The van der Waals surface area contributed by atoms with Gasteiger partial charge in [-0.2, -0.15) is 0 Å². The molecule has 0 heterocycles. The lowest BCUT2D eigenvalue weighted by Gasteiger charge is -2.21. The Balaban J connectivity index is 4.31. The molecular weight excluding hydrogens is 1460 g/mol. The van der Waals surface area contributed by atoms with E-state index in [0.29, 0.717) is 19.3 Å². The molecule has 0 aromatic heterocycles. The van der Waals surface area contributed by atoms with E-state index < -0.39 is 91.5 Å². The largest absolute Gasteiger partial charge is 0.472 e. The third-order valence-electron chi connectivity index (χ3n) is 19.6. The zero-order valence-corrected chi connectivity index (χ0v) is 73.8. The Hall–Kier alpha value is -4.05. The van der Waals surface area contributed by atoms with Crippen molar-refractivity contribution in [3.05, 3.63) is 122 Å². The molecule has 0 aromatic rings. The van der Waals surface area contributed by atoms with Crippen LogP contribution in [0.25, 0.3) is 0 Å². The molecule has 0 saturated carbocycles. The average Bonchev–Trinajstić information content (AvgIpc) is 0.901. The van der Waals surface area contributed by atoms with E-state index in [-0.39, 0.29) is 19.3 Å². The summed E-state index contributed by atoms with van der Waals surface area (Å²) in [5.41, 5.74) is 0. The Morgan fingerprint density at radius 2 is 0.478 bits per heavy atom. The standard InChI is InChI=1S/C95H168O16P2/c1-4-7-10-13-16-19-22-24-26-28-30-32-34-36-38-40-42-43-44-45-47-49-50-52-54-56-58-60-62-64-67-69-72-75-78-81-93(98)105-84-90(96)85-107-112(101,102)108-86-91(97)87-109-113(103,104)110-89-92(111-95(100)83-80-77-74-71-66-21-18-15-12-9-6-3)88-106-94(99)82-79-76-73-70-68-65-63-61-59-57-55-53-51-48-46-41-39-37-35-33-31-29-27-25-23-20-17-14-11-8-5-2/h7,10,15-20,24-27,30-33,36-39,90-92,96-97H,4-6,8-9,11-14,21-23,28-29,34-35,40-89H2,1-3H3,(H,101,102)(H,103,104)/b10-7-,18-15-,19-16-,20-17-,26-24-,27-25-,32-30-,33-31-,38-36-,39-37-. The number of hydrogen-bond donors (Lipinski definition) is 4. The number of carbonyl (C=O) groups is 3. The fourth-order valence-corrected chi connectivity index (χ4v) is 14.3. The monoisotopic (exact) mass is 1630 g/mol. The van der Waals surface area contributed by atoms with Crippen molar-refractivity contribution in [3.8, 4) is 0 Å². The van der Waals surface area contributed by atoms with Crippen LogP contribution in [-0.2, 0) is 55.8 Å². The molecule has 0 spiro atoms. The second kappa shape index (κ2) is 87.3. The fraction of sp³-hybridized carbons (Fsp3) is 0.758. The Kier molecular flexibility index (Phi) is 84.1. The van der Waals surface area contributed by atoms with Gasteiger partial charge in [0.25, 0.3) is 0 Å². The van der Waals surface area contributed by atoms with Crippen LogP contribution in [0.2, 0.25) is 0 Å². The minimum atomic E-state index is -4.93. The zero-order valence-electron chi connectivity index (χ0n) is 72.0. The number of allylic oxidation sites excluding steroid dienone is 20. The first-order valence-electron chi connectivity index (χ1n) is 45.8. The Labute approximate surface area is 691 Å². The van der Waals surface area contributed by atoms with E-state index in [1.807, 2.05) is 0 Å². The zero-order chi connectivity index (χ0) is 82.2. The highest BCUT2D eigenvalue weighted by molar-refractivity contribution is 7.47. The molecule has 16 nitrogen and oxygen atoms in total. The Morgan fingerprint density at radius 3 is 0.779 bits per heavy atom. The molecule has 5 unspecified atom stereocenters. The van der Waals surface area contributed by atoms with Crippen LogP contribution in [-0.4, -0.2) is 95.9 Å². The van der Waals surface area contributed by atoms with Gasteiger partial charge in [-0.1, -0.05) is 380 Å². The smallest absolute Gasteiger partial charge is 0.463 e. The van der Waals surface area contributed by atoms with Crippen molar-refractivity contribution >= 4 is 33.6 Å². The lowest BCUT2D eigenvalue weighted by molar-refractivity contribution is -0.161. The highest BCUT2D eigenvalue weighted by Crippen LogP contribution is 2.45. The third-order valence-corrected chi connectivity index (χ3v) is 21.5. The molecule has 0 amide bonds. The summed E-state index contributed by atoms with van der Waals surface area (Å²) in [6.45, 7) is 2.54. The van der Waals surface area contributed by atoms with E-state index in [9.17, 15) is 43.5 Å². The van der Waals surface area contributed by atoms with Crippen LogP contribution in [0, 0.1) is 0 Å². The second-order valence-corrected chi connectivity index (χ2v) is 33.6. The lowest BCUT2D eigenvalue weighted by Crippen LogP contribution is -2.30.